The molecule has 2 atom stereocenters. The number of ether oxygens (including phenoxy) is 1. The van der Waals surface area contributed by atoms with Crippen molar-refractivity contribution in [3.63, 3.8) is 0 Å². The zero-order valence-electron chi connectivity index (χ0n) is 22.8. The van der Waals surface area contributed by atoms with Gasteiger partial charge in [-0.1, -0.05) is 18.6 Å². The van der Waals surface area contributed by atoms with E-state index in [1.54, 1.807) is 37.6 Å². The molecule has 13 heteroatoms. The van der Waals surface area contributed by atoms with Crippen molar-refractivity contribution in [2.75, 3.05) is 24.8 Å². The summed E-state index contributed by atoms with van der Waals surface area (Å²) in [6.45, 7) is 0.366. The number of alkyl halides is 3. The fourth-order valence-corrected chi connectivity index (χ4v) is 5.27. The minimum absolute atomic E-state index is 0.0206. The molecule has 0 aliphatic heterocycles. The summed E-state index contributed by atoms with van der Waals surface area (Å²) in [7, 11) is 1.56. The van der Waals surface area contributed by atoms with E-state index in [1.165, 1.54) is 0 Å². The van der Waals surface area contributed by atoms with Crippen molar-refractivity contribution in [1.82, 2.24) is 24.7 Å². The van der Waals surface area contributed by atoms with E-state index in [0.717, 1.165) is 49.8 Å². The van der Waals surface area contributed by atoms with Gasteiger partial charge in [0.05, 0.1) is 12.2 Å². The van der Waals surface area contributed by atoms with Gasteiger partial charge in [0.15, 0.2) is 0 Å². The summed E-state index contributed by atoms with van der Waals surface area (Å²) < 4.78 is 46.0. The van der Waals surface area contributed by atoms with Crippen LogP contribution in [0, 0.1) is 0 Å². The van der Waals surface area contributed by atoms with Crippen molar-refractivity contribution in [1.29, 1.82) is 0 Å². The number of hydrogen-bond donors (Lipinski definition) is 3. The second-order valence-electron chi connectivity index (χ2n) is 10.2. The molecule has 42 heavy (non-hydrogen) atoms. The molecule has 10 nitrogen and oxygen atoms in total. The van der Waals surface area contributed by atoms with Crippen molar-refractivity contribution in [3.8, 4) is 11.3 Å². The van der Waals surface area contributed by atoms with Crippen molar-refractivity contribution in [2.45, 2.75) is 50.2 Å². The summed E-state index contributed by atoms with van der Waals surface area (Å²) in [5.41, 5.74) is 7.52. The number of nitrogens with zero attached hydrogens (tertiary/aromatic N) is 4. The van der Waals surface area contributed by atoms with Gasteiger partial charge in [0.2, 0.25) is 5.91 Å². The van der Waals surface area contributed by atoms with Gasteiger partial charge in [-0.25, -0.2) is 15.0 Å². The second kappa shape index (κ2) is 12.1. The van der Waals surface area contributed by atoms with Crippen molar-refractivity contribution in [3.05, 3.63) is 71.9 Å². The van der Waals surface area contributed by atoms with Crippen molar-refractivity contribution in [2.24, 2.45) is 0 Å². The Kier molecular flexibility index (Phi) is 8.39. The number of anilines is 2. The van der Waals surface area contributed by atoms with Gasteiger partial charge in [0.1, 0.15) is 28.7 Å². The van der Waals surface area contributed by atoms with E-state index in [-0.39, 0.29) is 29.2 Å². The molecule has 0 bridgehead atoms. The molecule has 3 aromatic heterocycles. The Balaban J connectivity index is 1.37. The lowest BCUT2D eigenvalue weighted by Gasteiger charge is -2.29. The van der Waals surface area contributed by atoms with Crippen LogP contribution in [0.2, 0.25) is 0 Å². The summed E-state index contributed by atoms with van der Waals surface area (Å²) in [6, 6.07) is 8.15. The zero-order chi connectivity index (χ0) is 29.9. The molecule has 2 amide bonds. The molecule has 1 aromatic carbocycles. The Hall–Kier alpha value is -4.52. The van der Waals surface area contributed by atoms with Gasteiger partial charge in [0, 0.05) is 55.2 Å². The lowest BCUT2D eigenvalue weighted by Crippen LogP contribution is -2.38. The van der Waals surface area contributed by atoms with Crippen molar-refractivity contribution < 1.29 is 27.5 Å². The molecule has 4 aromatic rings. The van der Waals surface area contributed by atoms with Crippen LogP contribution in [0.3, 0.4) is 0 Å². The van der Waals surface area contributed by atoms with E-state index < -0.39 is 17.6 Å². The molecular formula is C29H30F3N7O3. The molecule has 3 heterocycles. The first-order valence-electron chi connectivity index (χ1n) is 13.5. The highest BCUT2D eigenvalue weighted by molar-refractivity contribution is 6.04. The molecule has 0 spiro atoms. The maximum absolute atomic E-state index is 13.0. The van der Waals surface area contributed by atoms with Crippen LogP contribution in [0.4, 0.5) is 24.8 Å². The Morgan fingerprint density at radius 3 is 2.64 bits per heavy atom. The van der Waals surface area contributed by atoms with E-state index in [2.05, 4.69) is 20.6 Å². The number of amides is 2. The number of nitrogens with two attached hydrogens (primary N) is 1. The minimum Gasteiger partial charge on any atom is -0.384 e. The van der Waals surface area contributed by atoms with Gasteiger partial charge >= 0.3 is 6.18 Å². The van der Waals surface area contributed by atoms with Crippen LogP contribution in [0.5, 0.6) is 0 Å². The average Bonchev–Trinajstić information content (AvgIpc) is 3.37. The third-order valence-corrected chi connectivity index (χ3v) is 7.30. The van der Waals surface area contributed by atoms with Crippen molar-refractivity contribution >= 4 is 29.0 Å². The topological polar surface area (TPSA) is 137 Å². The Bertz CT molecular complexity index is 1590. The Labute approximate surface area is 239 Å². The zero-order valence-corrected chi connectivity index (χ0v) is 22.8. The number of imidazole rings is 1. The number of nitrogen functional groups attached to an aromatic ring is 1. The summed E-state index contributed by atoms with van der Waals surface area (Å²) in [5.74, 6) is 0.317. The third-order valence-electron chi connectivity index (χ3n) is 7.30. The number of carbonyl (C=O) groups excluding carboxylic acids is 2. The smallest absolute Gasteiger partial charge is 0.384 e. The highest BCUT2D eigenvalue weighted by Crippen LogP contribution is 2.37. The number of carbonyl (C=O) groups is 2. The standard InChI is InChI=1S/C29H30F3N7O3/c1-42-14-10-23(40)36-21-4-2-3-19(15-21)27-38-24(25-26(33)35-12-13-39(25)27)17-5-7-18(8-6-17)28(41)37-22-16-20(9-11-34-22)29(30,31)32/h5-9,11-13,16,19,21H,2-4,10,14-15H2,1H3,(H2,33,35)(H,36,40)(H,34,37,41)/t19-,21+/m1/s1. The van der Waals surface area contributed by atoms with Crippen LogP contribution in [0.1, 0.15) is 59.8 Å². The fourth-order valence-electron chi connectivity index (χ4n) is 5.27. The predicted molar refractivity (Wildman–Crippen MR) is 150 cm³/mol. The molecule has 0 radical (unpaired) electrons. The van der Waals surface area contributed by atoms with Gasteiger partial charge in [0.25, 0.3) is 5.91 Å². The maximum atomic E-state index is 13.0. The molecule has 5 rings (SSSR count). The SMILES string of the molecule is COCCC(=O)N[C@H]1CCC[C@@H](c2nc(-c3ccc(C(=O)Nc4cc(C(F)(F)F)ccn4)cc3)c3c(N)nccn23)C1. The number of nitrogens with one attached hydrogen (secondary N) is 2. The lowest BCUT2D eigenvalue weighted by molar-refractivity contribution is -0.137. The number of rotatable bonds is 8. The van der Waals surface area contributed by atoms with Crippen LogP contribution in [0.25, 0.3) is 16.8 Å². The summed E-state index contributed by atoms with van der Waals surface area (Å²) >= 11 is 0. The Morgan fingerprint density at radius 2 is 1.90 bits per heavy atom. The number of hydrogen-bond acceptors (Lipinski definition) is 7. The normalized spacial score (nSPS) is 17.2. The van der Waals surface area contributed by atoms with E-state index in [9.17, 15) is 22.8 Å². The summed E-state index contributed by atoms with van der Waals surface area (Å²) in [4.78, 5) is 38.1. The van der Waals surface area contributed by atoms with E-state index >= 15 is 0 Å². The molecule has 0 unspecified atom stereocenters. The fraction of sp³-hybridized carbons (Fsp3) is 0.345. The molecule has 1 aliphatic carbocycles. The molecular weight excluding hydrogens is 551 g/mol. The van der Waals surface area contributed by atoms with E-state index in [0.29, 0.717) is 35.6 Å². The van der Waals surface area contributed by atoms with Gasteiger partial charge in [-0.2, -0.15) is 13.2 Å². The maximum Gasteiger partial charge on any atom is 0.416 e. The molecule has 220 valence electrons. The largest absolute Gasteiger partial charge is 0.416 e. The third kappa shape index (κ3) is 6.35. The molecule has 0 saturated heterocycles. The summed E-state index contributed by atoms with van der Waals surface area (Å²) in [6.07, 6.45) is 3.59. The quantitative estimate of drug-likeness (QED) is 0.271. The van der Waals surface area contributed by atoms with Gasteiger partial charge in [-0.3, -0.25) is 14.0 Å². The number of aromatic nitrogens is 4. The van der Waals surface area contributed by atoms with Crippen LogP contribution in [-0.2, 0) is 15.7 Å². The van der Waals surface area contributed by atoms with E-state index in [1.807, 2.05) is 10.6 Å². The van der Waals surface area contributed by atoms with Crippen LogP contribution in [-0.4, -0.2) is 50.9 Å². The van der Waals surface area contributed by atoms with Gasteiger partial charge in [-0.05, 0) is 43.5 Å². The molecule has 1 saturated carbocycles. The van der Waals surface area contributed by atoms with E-state index in [4.69, 9.17) is 15.5 Å². The molecule has 1 aliphatic rings. The minimum atomic E-state index is -4.55. The molecule has 4 N–H and O–H groups in total. The summed E-state index contributed by atoms with van der Waals surface area (Å²) in [5, 5.41) is 5.51. The van der Waals surface area contributed by atoms with Crippen LogP contribution >= 0.6 is 0 Å². The highest BCUT2D eigenvalue weighted by atomic mass is 19.4. The van der Waals surface area contributed by atoms with Crippen LogP contribution in [0.15, 0.2) is 55.0 Å². The number of methoxy groups -OCH3 is 1. The number of halogens is 3. The predicted octanol–water partition coefficient (Wildman–Crippen LogP) is 4.82. The van der Waals surface area contributed by atoms with Gasteiger partial charge in [-0.15, -0.1) is 0 Å². The number of fused-ring (bicyclic) bond motifs is 1. The van der Waals surface area contributed by atoms with Gasteiger partial charge < -0.3 is 21.1 Å². The average molecular weight is 582 g/mol. The van der Waals surface area contributed by atoms with Crippen LogP contribution < -0.4 is 16.4 Å². The Morgan fingerprint density at radius 1 is 1.12 bits per heavy atom. The second-order valence-corrected chi connectivity index (χ2v) is 10.2. The first kappa shape index (κ1) is 29.0. The molecule has 1 fully saturated rings. The first-order chi connectivity index (χ1) is 20.1. The lowest BCUT2D eigenvalue weighted by atomic mass is 9.85. The number of benzene rings is 1. The number of pyridine rings is 1. The monoisotopic (exact) mass is 581 g/mol. The first-order valence-corrected chi connectivity index (χ1v) is 13.5. The highest BCUT2D eigenvalue weighted by Gasteiger charge is 2.31.